The Morgan fingerprint density at radius 3 is 2.37 bits per heavy atom. The first kappa shape index (κ1) is 18.7. The highest BCUT2D eigenvalue weighted by Crippen LogP contribution is 2.18. The average molecular weight is 385 g/mol. The summed E-state index contributed by atoms with van der Waals surface area (Å²) in [7, 11) is 0. The van der Waals surface area contributed by atoms with Gasteiger partial charge in [-0.25, -0.2) is 4.39 Å². The minimum Gasteiger partial charge on any atom is -0.489 e. The summed E-state index contributed by atoms with van der Waals surface area (Å²) in [6.07, 6.45) is 0. The van der Waals surface area contributed by atoms with Crippen LogP contribution >= 0.6 is 11.6 Å². The lowest BCUT2D eigenvalue weighted by Gasteiger charge is -2.10. The van der Waals surface area contributed by atoms with Crippen molar-refractivity contribution >= 4 is 28.9 Å². The van der Waals surface area contributed by atoms with Crippen molar-refractivity contribution in [3.8, 4) is 5.75 Å². The van der Waals surface area contributed by atoms with E-state index in [9.17, 15) is 9.18 Å². The van der Waals surface area contributed by atoms with Crippen molar-refractivity contribution in [1.29, 1.82) is 0 Å². The molecule has 27 heavy (non-hydrogen) atoms. The number of para-hydroxylation sites is 1. The van der Waals surface area contributed by atoms with Gasteiger partial charge in [0.05, 0.1) is 12.2 Å². The molecule has 4 nitrogen and oxygen atoms in total. The van der Waals surface area contributed by atoms with Crippen molar-refractivity contribution in [1.82, 2.24) is 0 Å². The third-order valence-corrected chi connectivity index (χ3v) is 4.02. The smallest absolute Gasteiger partial charge is 0.243 e. The van der Waals surface area contributed by atoms with Gasteiger partial charge in [0.25, 0.3) is 0 Å². The second-order valence-corrected chi connectivity index (χ2v) is 6.26. The monoisotopic (exact) mass is 384 g/mol. The molecule has 0 heterocycles. The number of hydrogen-bond acceptors (Lipinski definition) is 3. The van der Waals surface area contributed by atoms with E-state index in [1.54, 1.807) is 42.5 Å². The molecule has 138 valence electrons. The van der Waals surface area contributed by atoms with Gasteiger partial charge in [-0.1, -0.05) is 35.9 Å². The van der Waals surface area contributed by atoms with E-state index < -0.39 is 5.82 Å². The first-order valence-electron chi connectivity index (χ1n) is 8.36. The van der Waals surface area contributed by atoms with Gasteiger partial charge in [0.2, 0.25) is 5.91 Å². The molecule has 0 radical (unpaired) electrons. The molecule has 6 heteroatoms. The number of hydrogen-bond donors (Lipinski definition) is 2. The van der Waals surface area contributed by atoms with Gasteiger partial charge in [0.1, 0.15) is 18.2 Å². The Labute approximate surface area is 161 Å². The predicted molar refractivity (Wildman–Crippen MR) is 106 cm³/mol. The van der Waals surface area contributed by atoms with Gasteiger partial charge in [0, 0.05) is 10.7 Å². The predicted octanol–water partition coefficient (Wildman–Crippen LogP) is 5.11. The van der Waals surface area contributed by atoms with E-state index >= 15 is 0 Å². The second-order valence-electron chi connectivity index (χ2n) is 5.82. The third kappa shape index (κ3) is 5.72. The summed E-state index contributed by atoms with van der Waals surface area (Å²) in [5, 5.41) is 6.19. The lowest BCUT2D eigenvalue weighted by molar-refractivity contribution is -0.114. The zero-order valence-corrected chi connectivity index (χ0v) is 15.2. The van der Waals surface area contributed by atoms with Gasteiger partial charge in [-0.3, -0.25) is 4.79 Å². The first-order chi connectivity index (χ1) is 13.1. The molecule has 0 aromatic heterocycles. The van der Waals surface area contributed by atoms with Crippen LogP contribution < -0.4 is 15.4 Å². The molecular formula is C21H18ClFN2O2. The lowest BCUT2D eigenvalue weighted by Crippen LogP contribution is -2.22. The molecule has 0 spiro atoms. The van der Waals surface area contributed by atoms with Gasteiger partial charge in [-0.05, 0) is 54.1 Å². The third-order valence-electron chi connectivity index (χ3n) is 3.77. The highest BCUT2D eigenvalue weighted by molar-refractivity contribution is 6.30. The topological polar surface area (TPSA) is 50.4 Å². The molecule has 0 saturated carbocycles. The van der Waals surface area contributed by atoms with Crippen molar-refractivity contribution in [3.63, 3.8) is 0 Å². The van der Waals surface area contributed by atoms with E-state index in [2.05, 4.69) is 10.6 Å². The summed E-state index contributed by atoms with van der Waals surface area (Å²) in [6, 6.07) is 20.7. The Bertz CT molecular complexity index is 899. The molecule has 0 aliphatic carbocycles. The zero-order chi connectivity index (χ0) is 19.1. The fourth-order valence-corrected chi connectivity index (χ4v) is 2.49. The molecule has 0 fully saturated rings. The number of amides is 1. The Kier molecular flexibility index (Phi) is 6.28. The maximum atomic E-state index is 13.5. The number of ether oxygens (including phenoxy) is 1. The van der Waals surface area contributed by atoms with Gasteiger partial charge in [0.15, 0.2) is 0 Å². The van der Waals surface area contributed by atoms with Crippen LogP contribution in [0.1, 0.15) is 5.56 Å². The van der Waals surface area contributed by atoms with E-state index in [4.69, 9.17) is 16.3 Å². The molecule has 0 atom stereocenters. The zero-order valence-electron chi connectivity index (χ0n) is 14.4. The summed E-state index contributed by atoms with van der Waals surface area (Å²) in [5.74, 6) is 0.0213. The molecular weight excluding hydrogens is 367 g/mol. The summed E-state index contributed by atoms with van der Waals surface area (Å²) in [5.41, 5.74) is 1.93. The molecule has 0 bridgehead atoms. The molecule has 3 aromatic carbocycles. The van der Waals surface area contributed by atoms with Gasteiger partial charge < -0.3 is 15.4 Å². The minimum atomic E-state index is -0.396. The van der Waals surface area contributed by atoms with Crippen LogP contribution in [0.2, 0.25) is 5.02 Å². The highest BCUT2D eigenvalue weighted by atomic mass is 35.5. The number of benzene rings is 3. The number of carbonyl (C=O) groups excluding carboxylic acids is 1. The SMILES string of the molecule is O=C(CNc1ccccc1F)Nc1ccc(OCc2ccc(Cl)cc2)cc1. The first-order valence-corrected chi connectivity index (χ1v) is 8.73. The number of carbonyl (C=O) groups is 1. The lowest BCUT2D eigenvalue weighted by atomic mass is 10.2. The summed E-state index contributed by atoms with van der Waals surface area (Å²) in [4.78, 5) is 12.0. The molecule has 0 saturated heterocycles. The Morgan fingerprint density at radius 1 is 0.963 bits per heavy atom. The van der Waals surface area contributed by atoms with Crippen LogP contribution in [0.15, 0.2) is 72.8 Å². The van der Waals surface area contributed by atoms with E-state index in [0.717, 1.165) is 5.56 Å². The number of rotatable bonds is 7. The van der Waals surface area contributed by atoms with Gasteiger partial charge in [-0.15, -0.1) is 0 Å². The molecule has 3 aromatic rings. The van der Waals surface area contributed by atoms with Crippen LogP contribution in [0, 0.1) is 5.82 Å². The standard InChI is InChI=1S/C21H18ClFN2O2/c22-16-7-5-15(6-8-16)14-27-18-11-9-17(10-12-18)25-21(26)13-24-20-4-2-1-3-19(20)23/h1-12,24H,13-14H2,(H,25,26). The Morgan fingerprint density at radius 2 is 1.67 bits per heavy atom. The fraction of sp³-hybridized carbons (Fsp3) is 0.0952. The maximum absolute atomic E-state index is 13.5. The van der Waals surface area contributed by atoms with Gasteiger partial charge in [-0.2, -0.15) is 0 Å². The average Bonchev–Trinajstić information content (AvgIpc) is 2.68. The number of halogens is 2. The number of anilines is 2. The fourth-order valence-electron chi connectivity index (χ4n) is 2.37. The van der Waals surface area contributed by atoms with Gasteiger partial charge >= 0.3 is 0 Å². The molecule has 0 aliphatic heterocycles. The summed E-state index contributed by atoms with van der Waals surface area (Å²) < 4.78 is 19.2. The van der Waals surface area contributed by atoms with Crippen LogP contribution in [0.25, 0.3) is 0 Å². The molecule has 3 rings (SSSR count). The molecule has 1 amide bonds. The van der Waals surface area contributed by atoms with Crippen molar-refractivity contribution in [2.24, 2.45) is 0 Å². The van der Waals surface area contributed by atoms with E-state index in [-0.39, 0.29) is 12.5 Å². The Balaban J connectivity index is 1.47. The summed E-state index contributed by atoms with van der Waals surface area (Å²) >= 11 is 5.85. The van der Waals surface area contributed by atoms with Crippen molar-refractivity contribution in [2.45, 2.75) is 6.61 Å². The van der Waals surface area contributed by atoms with Crippen LogP contribution in [0.5, 0.6) is 5.75 Å². The summed E-state index contributed by atoms with van der Waals surface area (Å²) in [6.45, 7) is 0.394. The molecule has 0 unspecified atom stereocenters. The van der Waals surface area contributed by atoms with Crippen molar-refractivity contribution in [2.75, 3.05) is 17.2 Å². The normalized spacial score (nSPS) is 10.3. The minimum absolute atomic E-state index is 0.0320. The van der Waals surface area contributed by atoms with E-state index in [1.807, 2.05) is 24.3 Å². The quantitative estimate of drug-likeness (QED) is 0.595. The highest BCUT2D eigenvalue weighted by Gasteiger charge is 2.05. The van der Waals surface area contributed by atoms with Crippen LogP contribution in [-0.2, 0) is 11.4 Å². The largest absolute Gasteiger partial charge is 0.489 e. The van der Waals surface area contributed by atoms with Crippen LogP contribution in [0.4, 0.5) is 15.8 Å². The van der Waals surface area contributed by atoms with E-state index in [1.165, 1.54) is 6.07 Å². The molecule has 2 N–H and O–H groups in total. The Hall–Kier alpha value is -3.05. The van der Waals surface area contributed by atoms with Crippen molar-refractivity contribution in [3.05, 3.63) is 89.2 Å². The van der Waals surface area contributed by atoms with E-state index in [0.29, 0.717) is 28.8 Å². The van der Waals surface area contributed by atoms with Crippen molar-refractivity contribution < 1.29 is 13.9 Å². The number of nitrogens with one attached hydrogen (secondary N) is 2. The maximum Gasteiger partial charge on any atom is 0.243 e. The van der Waals surface area contributed by atoms with Crippen LogP contribution in [0.3, 0.4) is 0 Å². The second kappa shape index (κ2) is 9.05. The molecule has 0 aliphatic rings. The van der Waals surface area contributed by atoms with Crippen LogP contribution in [-0.4, -0.2) is 12.5 Å².